The van der Waals surface area contributed by atoms with Crippen molar-refractivity contribution < 1.29 is 9.50 Å². The maximum atomic E-state index is 13.0. The van der Waals surface area contributed by atoms with Gasteiger partial charge in [-0.15, -0.1) is 0 Å². The fourth-order valence-corrected chi connectivity index (χ4v) is 1.98. The zero-order chi connectivity index (χ0) is 11.4. The van der Waals surface area contributed by atoms with Crippen molar-refractivity contribution in [2.45, 2.75) is 31.8 Å². The van der Waals surface area contributed by atoms with Gasteiger partial charge in [0.05, 0.1) is 0 Å². The minimum absolute atomic E-state index is 0.0136. The fraction of sp³-hybridized carbons (Fsp3) is 0.385. The zero-order valence-corrected chi connectivity index (χ0v) is 9.12. The summed E-state index contributed by atoms with van der Waals surface area (Å²) < 4.78 is 13.0. The van der Waals surface area contributed by atoms with Crippen molar-refractivity contribution >= 4 is 0 Å². The Morgan fingerprint density at radius 1 is 1.31 bits per heavy atom. The molecule has 0 radical (unpaired) electrons. The second kappa shape index (κ2) is 5.12. The molecule has 1 aromatic carbocycles. The maximum absolute atomic E-state index is 13.0. The van der Waals surface area contributed by atoms with E-state index in [1.165, 1.54) is 6.07 Å². The van der Waals surface area contributed by atoms with E-state index in [1.54, 1.807) is 6.07 Å². The molecule has 0 fully saturated rings. The van der Waals surface area contributed by atoms with Gasteiger partial charge in [0.15, 0.2) is 0 Å². The van der Waals surface area contributed by atoms with Crippen LogP contribution in [0.25, 0.3) is 0 Å². The Morgan fingerprint density at radius 2 is 2.19 bits per heavy atom. The lowest BCUT2D eigenvalue weighted by Crippen LogP contribution is -2.29. The molecule has 0 heterocycles. The zero-order valence-electron chi connectivity index (χ0n) is 9.12. The van der Waals surface area contributed by atoms with Crippen molar-refractivity contribution in [3.63, 3.8) is 0 Å². The van der Waals surface area contributed by atoms with Gasteiger partial charge in [-0.05, 0) is 37.0 Å². The van der Waals surface area contributed by atoms with Gasteiger partial charge in [0.25, 0.3) is 0 Å². The molecule has 0 bridgehead atoms. The normalized spacial score (nSPS) is 19.9. The van der Waals surface area contributed by atoms with Crippen LogP contribution in [0, 0.1) is 5.82 Å². The van der Waals surface area contributed by atoms with E-state index in [-0.39, 0.29) is 11.6 Å². The summed E-state index contributed by atoms with van der Waals surface area (Å²) in [5, 5.41) is 12.6. The van der Waals surface area contributed by atoms with Crippen LogP contribution in [0.4, 0.5) is 4.39 Å². The molecule has 1 atom stereocenters. The predicted molar refractivity (Wildman–Crippen MR) is 61.7 cm³/mol. The van der Waals surface area contributed by atoms with Crippen LogP contribution in [0.5, 0.6) is 5.75 Å². The number of halogens is 1. The first kappa shape index (κ1) is 11.1. The van der Waals surface area contributed by atoms with E-state index in [0.717, 1.165) is 30.9 Å². The Hall–Kier alpha value is -1.35. The number of allylic oxidation sites excluding steroid dienone is 1. The van der Waals surface area contributed by atoms with Gasteiger partial charge in [-0.2, -0.15) is 0 Å². The van der Waals surface area contributed by atoms with Crippen LogP contribution in [-0.4, -0.2) is 11.1 Å². The molecule has 0 aliphatic heterocycles. The van der Waals surface area contributed by atoms with E-state index in [2.05, 4.69) is 17.5 Å². The van der Waals surface area contributed by atoms with Crippen molar-refractivity contribution in [1.82, 2.24) is 5.32 Å². The molecule has 1 unspecified atom stereocenters. The van der Waals surface area contributed by atoms with Gasteiger partial charge >= 0.3 is 0 Å². The highest BCUT2D eigenvalue weighted by Gasteiger charge is 2.09. The van der Waals surface area contributed by atoms with Crippen molar-refractivity contribution in [2.24, 2.45) is 0 Å². The molecule has 3 heteroatoms. The molecule has 0 aromatic heterocycles. The molecule has 2 rings (SSSR count). The summed E-state index contributed by atoms with van der Waals surface area (Å²) >= 11 is 0. The Balaban J connectivity index is 1.91. The van der Waals surface area contributed by atoms with E-state index in [4.69, 9.17) is 0 Å². The molecule has 0 saturated heterocycles. The Kier molecular flexibility index (Phi) is 3.57. The van der Waals surface area contributed by atoms with Gasteiger partial charge in [0, 0.05) is 18.7 Å². The maximum Gasteiger partial charge on any atom is 0.127 e. The number of hydrogen-bond acceptors (Lipinski definition) is 2. The predicted octanol–water partition coefficient (Wildman–Crippen LogP) is 2.73. The summed E-state index contributed by atoms with van der Waals surface area (Å²) in [4.78, 5) is 0. The Labute approximate surface area is 94.8 Å². The minimum Gasteiger partial charge on any atom is -0.508 e. The summed E-state index contributed by atoms with van der Waals surface area (Å²) in [5.41, 5.74) is 0.784. The standard InChI is InChI=1S/C13H16FNO/c14-11-6-10(7-13(16)8-11)9-15-12-4-2-1-3-5-12/h1-2,6-8,12,15-16H,3-5,9H2. The van der Waals surface area contributed by atoms with Crippen molar-refractivity contribution in [3.05, 3.63) is 41.7 Å². The van der Waals surface area contributed by atoms with E-state index in [1.807, 2.05) is 0 Å². The molecule has 0 saturated carbocycles. The molecule has 1 aliphatic carbocycles. The highest BCUT2D eigenvalue weighted by molar-refractivity contribution is 5.28. The molecule has 1 aliphatic rings. The number of aromatic hydroxyl groups is 1. The number of benzene rings is 1. The number of hydrogen-bond donors (Lipinski definition) is 2. The molecular weight excluding hydrogens is 205 g/mol. The third-order valence-corrected chi connectivity index (χ3v) is 2.81. The highest BCUT2D eigenvalue weighted by Crippen LogP contribution is 2.16. The van der Waals surface area contributed by atoms with Crippen LogP contribution in [0.2, 0.25) is 0 Å². The third-order valence-electron chi connectivity index (χ3n) is 2.81. The van der Waals surface area contributed by atoms with Crippen LogP contribution < -0.4 is 5.32 Å². The van der Waals surface area contributed by atoms with Gasteiger partial charge in [0.2, 0.25) is 0 Å². The molecule has 2 nitrogen and oxygen atoms in total. The minimum atomic E-state index is -0.389. The SMILES string of the molecule is Oc1cc(F)cc(CNC2CC=CCC2)c1. The Bertz CT molecular complexity index is 369. The number of rotatable bonds is 3. The van der Waals surface area contributed by atoms with Gasteiger partial charge in [-0.1, -0.05) is 12.2 Å². The number of phenols is 1. The van der Waals surface area contributed by atoms with Crippen LogP contribution in [0.15, 0.2) is 30.4 Å². The molecule has 86 valence electrons. The fourth-order valence-electron chi connectivity index (χ4n) is 1.98. The molecule has 1 aromatic rings. The van der Waals surface area contributed by atoms with Gasteiger partial charge in [0.1, 0.15) is 11.6 Å². The number of nitrogens with one attached hydrogen (secondary N) is 1. The van der Waals surface area contributed by atoms with Crippen molar-refractivity contribution in [3.8, 4) is 5.75 Å². The largest absolute Gasteiger partial charge is 0.508 e. The first-order valence-electron chi connectivity index (χ1n) is 5.61. The lowest BCUT2D eigenvalue weighted by molar-refractivity contribution is 0.459. The van der Waals surface area contributed by atoms with Gasteiger partial charge in [-0.25, -0.2) is 4.39 Å². The topological polar surface area (TPSA) is 32.3 Å². The second-order valence-corrected chi connectivity index (χ2v) is 4.18. The average molecular weight is 221 g/mol. The Morgan fingerprint density at radius 3 is 2.88 bits per heavy atom. The summed E-state index contributed by atoms with van der Waals surface area (Å²) in [6.45, 7) is 0.601. The van der Waals surface area contributed by atoms with E-state index < -0.39 is 0 Å². The van der Waals surface area contributed by atoms with Crippen LogP contribution in [-0.2, 0) is 6.54 Å². The molecule has 0 spiro atoms. The summed E-state index contributed by atoms with van der Waals surface area (Å²) in [6.07, 6.45) is 7.61. The highest BCUT2D eigenvalue weighted by atomic mass is 19.1. The molecular formula is C13H16FNO. The van der Waals surface area contributed by atoms with E-state index >= 15 is 0 Å². The first-order valence-corrected chi connectivity index (χ1v) is 5.61. The smallest absolute Gasteiger partial charge is 0.127 e. The summed E-state index contributed by atoms with van der Waals surface area (Å²) in [5.74, 6) is -0.402. The third kappa shape index (κ3) is 3.07. The quantitative estimate of drug-likeness (QED) is 0.769. The molecule has 16 heavy (non-hydrogen) atoms. The molecule has 0 amide bonds. The van der Waals surface area contributed by atoms with Crippen LogP contribution in [0.3, 0.4) is 0 Å². The van der Waals surface area contributed by atoms with E-state index in [0.29, 0.717) is 12.6 Å². The van der Waals surface area contributed by atoms with Gasteiger partial charge < -0.3 is 10.4 Å². The van der Waals surface area contributed by atoms with Crippen molar-refractivity contribution in [1.29, 1.82) is 0 Å². The van der Waals surface area contributed by atoms with Crippen LogP contribution in [0.1, 0.15) is 24.8 Å². The average Bonchev–Trinajstić information content (AvgIpc) is 2.27. The second-order valence-electron chi connectivity index (χ2n) is 4.18. The first-order chi connectivity index (χ1) is 7.74. The van der Waals surface area contributed by atoms with Crippen molar-refractivity contribution in [2.75, 3.05) is 0 Å². The van der Waals surface area contributed by atoms with Crippen LogP contribution >= 0.6 is 0 Å². The van der Waals surface area contributed by atoms with Gasteiger partial charge in [-0.3, -0.25) is 0 Å². The number of phenolic OH excluding ortho intramolecular Hbond substituents is 1. The molecule has 2 N–H and O–H groups in total. The lowest BCUT2D eigenvalue weighted by Gasteiger charge is -2.19. The summed E-state index contributed by atoms with van der Waals surface area (Å²) in [6, 6.07) is 4.63. The monoisotopic (exact) mass is 221 g/mol. The lowest BCUT2D eigenvalue weighted by atomic mass is 10.0. The van der Waals surface area contributed by atoms with E-state index in [9.17, 15) is 9.50 Å². The summed E-state index contributed by atoms with van der Waals surface area (Å²) in [7, 11) is 0.